The summed E-state index contributed by atoms with van der Waals surface area (Å²) < 4.78 is 1.55. The Kier molecular flexibility index (Phi) is 2.47. The lowest BCUT2D eigenvalue weighted by Crippen LogP contribution is -2.65. The molecule has 7 nitrogen and oxygen atoms in total. The molecule has 0 spiro atoms. The van der Waals surface area contributed by atoms with Crippen molar-refractivity contribution in [2.75, 3.05) is 0 Å². The van der Waals surface area contributed by atoms with E-state index in [0.717, 1.165) is 0 Å². The predicted octanol–water partition coefficient (Wildman–Crippen LogP) is -0.938. The van der Waals surface area contributed by atoms with E-state index in [0.29, 0.717) is 6.54 Å². The van der Waals surface area contributed by atoms with Gasteiger partial charge in [-0.1, -0.05) is 0 Å². The number of urea groups is 1. The van der Waals surface area contributed by atoms with E-state index in [2.05, 4.69) is 0 Å². The summed E-state index contributed by atoms with van der Waals surface area (Å²) in [6.45, 7) is 2.29. The van der Waals surface area contributed by atoms with E-state index in [9.17, 15) is 19.5 Å². The maximum atomic E-state index is 11.6. The van der Waals surface area contributed by atoms with Crippen molar-refractivity contribution in [2.45, 2.75) is 19.1 Å². The van der Waals surface area contributed by atoms with Crippen molar-refractivity contribution in [1.29, 1.82) is 0 Å². The largest absolute Gasteiger partial charge is 0.367 e. The predicted molar refractivity (Wildman–Crippen MR) is 55.7 cm³/mol. The number of carbonyl (C=O) groups excluding carboxylic acids is 3. The van der Waals surface area contributed by atoms with Gasteiger partial charge < -0.3 is 9.67 Å². The minimum absolute atomic E-state index is 0.127. The van der Waals surface area contributed by atoms with Gasteiger partial charge in [-0.2, -0.15) is 0 Å². The fourth-order valence-electron chi connectivity index (χ4n) is 1.77. The molecule has 1 aromatic rings. The Morgan fingerprint density at radius 2 is 1.88 bits per heavy atom. The van der Waals surface area contributed by atoms with Crippen LogP contribution in [-0.2, 0) is 21.7 Å². The van der Waals surface area contributed by atoms with Crippen LogP contribution in [0.5, 0.6) is 0 Å². The molecule has 0 bridgehead atoms. The molecule has 2 heterocycles. The van der Waals surface area contributed by atoms with Gasteiger partial charge in [-0.05, 0) is 19.1 Å². The molecule has 1 saturated heterocycles. The maximum Gasteiger partial charge on any atom is 0.328 e. The Hall–Kier alpha value is -2.15. The number of amides is 4. The summed E-state index contributed by atoms with van der Waals surface area (Å²) in [5.41, 5.74) is -2.24. The third-order valence-corrected chi connectivity index (χ3v) is 2.65. The monoisotopic (exact) mass is 237 g/mol. The van der Waals surface area contributed by atoms with Crippen molar-refractivity contribution in [1.82, 2.24) is 15.2 Å². The summed E-state index contributed by atoms with van der Waals surface area (Å²) in [7, 11) is 0. The molecule has 1 fully saturated rings. The molecule has 7 heteroatoms. The molecule has 3 N–H and O–H groups in total. The molecule has 0 radical (unpaired) electrons. The fourth-order valence-corrected chi connectivity index (χ4v) is 1.77. The van der Waals surface area contributed by atoms with Crippen LogP contribution in [0.3, 0.4) is 0 Å². The SMILES string of the molecule is CCn1cccc1C1(O)C(=O)NC(=O)NC1=O. The van der Waals surface area contributed by atoms with Crippen LogP contribution < -0.4 is 10.6 Å². The highest BCUT2D eigenvalue weighted by atomic mass is 16.3. The van der Waals surface area contributed by atoms with E-state index in [1.807, 2.05) is 10.6 Å². The van der Waals surface area contributed by atoms with E-state index in [1.54, 1.807) is 23.8 Å². The van der Waals surface area contributed by atoms with Gasteiger partial charge in [0.05, 0.1) is 5.69 Å². The normalized spacial score (nSPS) is 18.8. The third kappa shape index (κ3) is 1.51. The molecule has 0 aromatic carbocycles. The van der Waals surface area contributed by atoms with E-state index in [-0.39, 0.29) is 5.69 Å². The van der Waals surface area contributed by atoms with E-state index in [1.165, 1.54) is 6.07 Å². The van der Waals surface area contributed by atoms with Crippen molar-refractivity contribution in [2.24, 2.45) is 0 Å². The fraction of sp³-hybridized carbons (Fsp3) is 0.300. The van der Waals surface area contributed by atoms with Crippen molar-refractivity contribution in [3.8, 4) is 0 Å². The van der Waals surface area contributed by atoms with Crippen molar-refractivity contribution < 1.29 is 19.5 Å². The van der Waals surface area contributed by atoms with Gasteiger partial charge in [0, 0.05) is 12.7 Å². The molecule has 2 rings (SSSR count). The molecule has 4 amide bonds. The van der Waals surface area contributed by atoms with Crippen LogP contribution in [0.4, 0.5) is 4.79 Å². The molecule has 1 aliphatic rings. The first-order valence-corrected chi connectivity index (χ1v) is 5.05. The minimum atomic E-state index is -2.37. The summed E-state index contributed by atoms with van der Waals surface area (Å²) in [5.74, 6) is -2.08. The first-order chi connectivity index (χ1) is 8.00. The van der Waals surface area contributed by atoms with Crippen LogP contribution in [0.15, 0.2) is 18.3 Å². The number of hydrogen-bond donors (Lipinski definition) is 3. The maximum absolute atomic E-state index is 11.6. The Morgan fingerprint density at radius 1 is 1.29 bits per heavy atom. The van der Waals surface area contributed by atoms with Crippen molar-refractivity contribution in [3.63, 3.8) is 0 Å². The zero-order chi connectivity index (χ0) is 12.6. The highest BCUT2D eigenvalue weighted by Gasteiger charge is 2.52. The second-order valence-corrected chi connectivity index (χ2v) is 3.63. The van der Waals surface area contributed by atoms with Crippen LogP contribution in [0.1, 0.15) is 12.6 Å². The van der Waals surface area contributed by atoms with Gasteiger partial charge in [0.1, 0.15) is 0 Å². The highest BCUT2D eigenvalue weighted by molar-refractivity contribution is 6.21. The standard InChI is InChI=1S/C10H11N3O4/c1-2-13-5-3-4-6(13)10(17)7(14)11-9(16)12-8(10)15/h3-5,17H,2H2,1H3,(H2,11,12,14,15,16). The van der Waals surface area contributed by atoms with Crippen LogP contribution in [0, 0.1) is 0 Å². The number of rotatable bonds is 2. The Bertz CT molecular complexity index is 485. The molecule has 0 saturated carbocycles. The first-order valence-electron chi connectivity index (χ1n) is 5.05. The van der Waals surface area contributed by atoms with Gasteiger partial charge in [-0.15, -0.1) is 0 Å². The number of aliphatic hydroxyl groups is 1. The molecule has 90 valence electrons. The smallest absolute Gasteiger partial charge is 0.328 e. The molecular formula is C10H11N3O4. The average Bonchev–Trinajstić information content (AvgIpc) is 2.74. The van der Waals surface area contributed by atoms with Gasteiger partial charge in [0.25, 0.3) is 17.4 Å². The van der Waals surface area contributed by atoms with Crippen LogP contribution in [0.25, 0.3) is 0 Å². The number of hydrogen-bond acceptors (Lipinski definition) is 4. The summed E-state index contributed by atoms with van der Waals surface area (Å²) in [5, 5.41) is 13.9. The molecule has 0 atom stereocenters. The van der Waals surface area contributed by atoms with Gasteiger partial charge in [-0.25, -0.2) is 4.79 Å². The summed E-state index contributed by atoms with van der Waals surface area (Å²) >= 11 is 0. The summed E-state index contributed by atoms with van der Waals surface area (Å²) in [6.07, 6.45) is 1.63. The quantitative estimate of drug-likeness (QED) is 0.578. The topological polar surface area (TPSA) is 100 Å². The molecule has 0 aliphatic carbocycles. The third-order valence-electron chi connectivity index (χ3n) is 2.65. The molecule has 1 aliphatic heterocycles. The van der Waals surface area contributed by atoms with Crippen molar-refractivity contribution >= 4 is 17.8 Å². The second-order valence-electron chi connectivity index (χ2n) is 3.63. The van der Waals surface area contributed by atoms with E-state index < -0.39 is 23.4 Å². The number of carbonyl (C=O) groups is 3. The highest BCUT2D eigenvalue weighted by Crippen LogP contribution is 2.24. The zero-order valence-electron chi connectivity index (χ0n) is 9.06. The number of aryl methyl sites for hydroxylation is 1. The zero-order valence-corrected chi connectivity index (χ0v) is 9.06. The Balaban J connectivity index is 2.51. The first kappa shape index (κ1) is 11.3. The molecular weight excluding hydrogens is 226 g/mol. The summed E-state index contributed by atoms with van der Waals surface area (Å²) in [4.78, 5) is 34.2. The average molecular weight is 237 g/mol. The number of imide groups is 2. The number of nitrogens with zero attached hydrogens (tertiary/aromatic N) is 1. The lowest BCUT2D eigenvalue weighted by Gasteiger charge is -2.29. The molecule has 17 heavy (non-hydrogen) atoms. The van der Waals surface area contributed by atoms with Crippen molar-refractivity contribution in [3.05, 3.63) is 24.0 Å². The van der Waals surface area contributed by atoms with Crippen LogP contribution in [-0.4, -0.2) is 27.5 Å². The van der Waals surface area contributed by atoms with E-state index in [4.69, 9.17) is 0 Å². The molecule has 1 aromatic heterocycles. The van der Waals surface area contributed by atoms with E-state index >= 15 is 0 Å². The number of nitrogens with one attached hydrogen (secondary N) is 2. The Labute approximate surface area is 96.4 Å². The minimum Gasteiger partial charge on any atom is -0.367 e. The summed E-state index contributed by atoms with van der Waals surface area (Å²) in [6, 6.07) is 2.13. The van der Waals surface area contributed by atoms with Crippen LogP contribution >= 0.6 is 0 Å². The van der Waals surface area contributed by atoms with Gasteiger partial charge in [0.2, 0.25) is 0 Å². The number of aromatic nitrogens is 1. The van der Waals surface area contributed by atoms with Crippen LogP contribution in [0.2, 0.25) is 0 Å². The van der Waals surface area contributed by atoms with Gasteiger partial charge >= 0.3 is 6.03 Å². The molecule has 0 unspecified atom stereocenters. The number of barbiturate groups is 1. The Morgan fingerprint density at radius 3 is 2.41 bits per heavy atom. The lowest BCUT2D eigenvalue weighted by molar-refractivity contribution is -0.156. The van der Waals surface area contributed by atoms with Gasteiger partial charge in [-0.3, -0.25) is 20.2 Å². The van der Waals surface area contributed by atoms with Gasteiger partial charge in [0.15, 0.2) is 0 Å². The lowest BCUT2D eigenvalue weighted by atomic mass is 9.95. The second kappa shape index (κ2) is 3.70.